The van der Waals surface area contributed by atoms with Crippen molar-refractivity contribution in [2.24, 2.45) is 0 Å². The van der Waals surface area contributed by atoms with Crippen molar-refractivity contribution in [2.75, 3.05) is 32.8 Å². The van der Waals surface area contributed by atoms with Gasteiger partial charge < -0.3 is 14.5 Å². The van der Waals surface area contributed by atoms with E-state index in [9.17, 15) is 18.0 Å². The van der Waals surface area contributed by atoms with Crippen LogP contribution in [0.1, 0.15) is 12.5 Å². The van der Waals surface area contributed by atoms with Crippen LogP contribution in [0.5, 0.6) is 0 Å². The first kappa shape index (κ1) is 22.8. The summed E-state index contributed by atoms with van der Waals surface area (Å²) in [5, 5.41) is 0. The van der Waals surface area contributed by atoms with E-state index in [1.807, 2.05) is 30.3 Å². The number of carbonyl (C=O) groups is 2. The molecule has 0 saturated carbocycles. The Morgan fingerprint density at radius 2 is 1.48 bits per heavy atom. The van der Waals surface area contributed by atoms with Gasteiger partial charge in [-0.1, -0.05) is 48.5 Å². The smallest absolute Gasteiger partial charge is 0.409 e. The van der Waals surface area contributed by atoms with Gasteiger partial charge in [0.05, 0.1) is 11.5 Å². The highest BCUT2D eigenvalue weighted by Gasteiger charge is 2.32. The third kappa shape index (κ3) is 6.05. The van der Waals surface area contributed by atoms with Gasteiger partial charge in [-0.05, 0) is 31.0 Å². The monoisotopic (exact) mass is 445 g/mol. The summed E-state index contributed by atoms with van der Waals surface area (Å²) in [7, 11) is -3.88. The van der Waals surface area contributed by atoms with Gasteiger partial charge in [-0.25, -0.2) is 13.2 Å². The van der Waals surface area contributed by atoms with E-state index in [0.29, 0.717) is 32.8 Å². The van der Waals surface area contributed by atoms with Gasteiger partial charge in [0.2, 0.25) is 15.9 Å². The fraction of sp³-hybridized carbons (Fsp3) is 0.364. The summed E-state index contributed by atoms with van der Waals surface area (Å²) in [6.45, 7) is 3.34. The fourth-order valence-corrected chi connectivity index (χ4v) is 4.64. The molecule has 1 aliphatic rings. The molecule has 0 radical (unpaired) electrons. The highest BCUT2D eigenvalue weighted by atomic mass is 32.2. The van der Waals surface area contributed by atoms with Gasteiger partial charge in [-0.15, -0.1) is 0 Å². The molecule has 0 unspecified atom stereocenters. The predicted molar refractivity (Wildman–Crippen MR) is 116 cm³/mol. The van der Waals surface area contributed by atoms with Crippen LogP contribution in [-0.4, -0.2) is 69.0 Å². The number of hydrogen-bond acceptors (Lipinski definition) is 5. The molecule has 2 aromatic carbocycles. The van der Waals surface area contributed by atoms with Crippen LogP contribution < -0.4 is 4.72 Å². The van der Waals surface area contributed by atoms with Crippen molar-refractivity contribution in [3.63, 3.8) is 0 Å². The molecule has 8 nitrogen and oxygen atoms in total. The number of nitrogens with one attached hydrogen (secondary N) is 1. The predicted octanol–water partition coefficient (Wildman–Crippen LogP) is 1.88. The lowest BCUT2D eigenvalue weighted by molar-refractivity contribution is -0.134. The van der Waals surface area contributed by atoms with Gasteiger partial charge >= 0.3 is 6.09 Å². The molecule has 3 rings (SSSR count). The summed E-state index contributed by atoms with van der Waals surface area (Å²) < 4.78 is 33.4. The number of nitrogens with zero attached hydrogens (tertiary/aromatic N) is 2. The standard InChI is InChI=1S/C22H27N3O5S/c1-2-30-22(27)25-15-13-24(14-16-25)21(26)20(17-18-9-5-3-6-10-18)23-31(28,29)19-11-7-4-8-12-19/h3-12,20,23H,2,13-17H2,1H3/t20-/m1/s1. The molecule has 1 atom stereocenters. The minimum Gasteiger partial charge on any atom is -0.450 e. The number of benzene rings is 2. The van der Waals surface area contributed by atoms with E-state index in [4.69, 9.17) is 4.74 Å². The maximum Gasteiger partial charge on any atom is 0.409 e. The van der Waals surface area contributed by atoms with Crippen LogP contribution in [0.4, 0.5) is 4.79 Å². The van der Waals surface area contributed by atoms with Crippen molar-refractivity contribution < 1.29 is 22.7 Å². The maximum atomic E-state index is 13.3. The zero-order chi connectivity index (χ0) is 22.3. The SMILES string of the molecule is CCOC(=O)N1CCN(C(=O)[C@@H](Cc2ccccc2)NS(=O)(=O)c2ccccc2)CC1. The summed E-state index contributed by atoms with van der Waals surface area (Å²) in [6.07, 6.45) is -0.177. The fourth-order valence-electron chi connectivity index (χ4n) is 3.43. The van der Waals surface area contributed by atoms with Crippen molar-refractivity contribution in [1.82, 2.24) is 14.5 Å². The number of rotatable bonds is 7. The van der Waals surface area contributed by atoms with E-state index in [1.165, 1.54) is 12.1 Å². The average Bonchev–Trinajstić information content (AvgIpc) is 2.79. The van der Waals surface area contributed by atoms with Crippen molar-refractivity contribution in [1.29, 1.82) is 0 Å². The van der Waals surface area contributed by atoms with Crippen LogP contribution in [0.25, 0.3) is 0 Å². The molecule has 31 heavy (non-hydrogen) atoms. The Morgan fingerprint density at radius 3 is 2.06 bits per heavy atom. The molecule has 0 spiro atoms. The summed E-state index contributed by atoms with van der Waals surface area (Å²) in [6, 6.07) is 16.3. The van der Waals surface area contributed by atoms with Crippen molar-refractivity contribution in [3.05, 3.63) is 66.2 Å². The van der Waals surface area contributed by atoms with E-state index in [1.54, 1.807) is 34.9 Å². The lowest BCUT2D eigenvalue weighted by Gasteiger charge is -2.36. The topological polar surface area (TPSA) is 96.0 Å². The third-order valence-corrected chi connectivity index (χ3v) is 6.54. The van der Waals surface area contributed by atoms with E-state index in [-0.39, 0.29) is 17.2 Å². The molecular weight excluding hydrogens is 418 g/mol. The van der Waals surface area contributed by atoms with E-state index in [0.717, 1.165) is 5.56 Å². The molecule has 1 saturated heterocycles. The highest BCUT2D eigenvalue weighted by molar-refractivity contribution is 7.89. The quantitative estimate of drug-likeness (QED) is 0.702. The van der Waals surface area contributed by atoms with Crippen LogP contribution in [-0.2, 0) is 26.0 Å². The van der Waals surface area contributed by atoms with Crippen LogP contribution in [0.3, 0.4) is 0 Å². The third-order valence-electron chi connectivity index (χ3n) is 5.05. The number of piperazine rings is 1. The zero-order valence-corrected chi connectivity index (χ0v) is 18.3. The average molecular weight is 446 g/mol. The molecule has 0 aromatic heterocycles. The highest BCUT2D eigenvalue weighted by Crippen LogP contribution is 2.14. The Kier molecular flexibility index (Phi) is 7.64. The van der Waals surface area contributed by atoms with Gasteiger partial charge in [0.25, 0.3) is 0 Å². The van der Waals surface area contributed by atoms with E-state index < -0.39 is 22.2 Å². The molecule has 2 aromatic rings. The van der Waals surface area contributed by atoms with Crippen LogP contribution in [0.15, 0.2) is 65.6 Å². The Labute approximate surface area is 182 Å². The number of amides is 2. The largest absolute Gasteiger partial charge is 0.450 e. The van der Waals surface area contributed by atoms with Crippen LogP contribution in [0, 0.1) is 0 Å². The normalized spacial score (nSPS) is 15.4. The molecule has 0 aliphatic carbocycles. The Bertz CT molecular complexity index is 975. The Hall–Kier alpha value is -2.91. The van der Waals surface area contributed by atoms with Gasteiger partial charge in [0, 0.05) is 26.2 Å². The van der Waals surface area contributed by atoms with Crippen molar-refractivity contribution in [3.8, 4) is 0 Å². The van der Waals surface area contributed by atoms with E-state index >= 15 is 0 Å². The maximum absolute atomic E-state index is 13.3. The van der Waals surface area contributed by atoms with E-state index in [2.05, 4.69) is 4.72 Å². The first-order valence-corrected chi connectivity index (χ1v) is 11.7. The first-order valence-electron chi connectivity index (χ1n) is 10.2. The minimum atomic E-state index is -3.88. The van der Waals surface area contributed by atoms with Crippen molar-refractivity contribution in [2.45, 2.75) is 24.3 Å². The molecule has 0 bridgehead atoms. The number of carbonyl (C=O) groups excluding carboxylic acids is 2. The van der Waals surface area contributed by atoms with Gasteiger partial charge in [0.15, 0.2) is 0 Å². The van der Waals surface area contributed by atoms with Gasteiger partial charge in [-0.3, -0.25) is 4.79 Å². The Balaban J connectivity index is 1.75. The van der Waals surface area contributed by atoms with Gasteiger partial charge in [-0.2, -0.15) is 4.72 Å². The van der Waals surface area contributed by atoms with Crippen LogP contribution >= 0.6 is 0 Å². The molecule has 9 heteroatoms. The van der Waals surface area contributed by atoms with Gasteiger partial charge in [0.1, 0.15) is 6.04 Å². The molecule has 2 amide bonds. The number of sulfonamides is 1. The second kappa shape index (κ2) is 10.4. The molecule has 1 aliphatic heterocycles. The molecular formula is C22H27N3O5S. The second-order valence-electron chi connectivity index (χ2n) is 7.19. The summed E-state index contributed by atoms with van der Waals surface area (Å²) in [5.74, 6) is -0.313. The van der Waals surface area contributed by atoms with Crippen molar-refractivity contribution >= 4 is 22.0 Å². The number of ether oxygens (including phenoxy) is 1. The lowest BCUT2D eigenvalue weighted by atomic mass is 10.1. The lowest BCUT2D eigenvalue weighted by Crippen LogP contribution is -2.56. The molecule has 1 N–H and O–H groups in total. The zero-order valence-electron chi connectivity index (χ0n) is 17.4. The van der Waals surface area contributed by atoms with Crippen LogP contribution in [0.2, 0.25) is 0 Å². The summed E-state index contributed by atoms with van der Waals surface area (Å²) in [5.41, 5.74) is 0.849. The summed E-state index contributed by atoms with van der Waals surface area (Å²) >= 11 is 0. The summed E-state index contributed by atoms with van der Waals surface area (Å²) in [4.78, 5) is 28.4. The first-order chi connectivity index (χ1) is 14.9. The molecule has 166 valence electrons. The Morgan fingerprint density at radius 1 is 0.935 bits per heavy atom. The molecule has 1 heterocycles. The minimum absolute atomic E-state index is 0.105. The molecule has 1 fully saturated rings. The second-order valence-corrected chi connectivity index (χ2v) is 8.90. The number of hydrogen-bond donors (Lipinski definition) is 1.